The predicted molar refractivity (Wildman–Crippen MR) is 91.4 cm³/mol. The molecule has 0 bridgehead atoms. The second-order valence-electron chi connectivity index (χ2n) is 4.99. The number of benzene rings is 2. The van der Waals surface area contributed by atoms with Crippen molar-refractivity contribution in [1.82, 2.24) is 10.1 Å². The maximum Gasteiger partial charge on any atom is 0.263 e. The van der Waals surface area contributed by atoms with Crippen LogP contribution in [0.15, 0.2) is 65.2 Å². The van der Waals surface area contributed by atoms with Crippen molar-refractivity contribution in [3.8, 4) is 11.5 Å². The summed E-state index contributed by atoms with van der Waals surface area (Å²) in [6.45, 7) is 0.535. The third-order valence-electron chi connectivity index (χ3n) is 3.23. The molecule has 0 fully saturated rings. The lowest BCUT2D eigenvalue weighted by atomic mass is 10.2. The molecule has 1 N–H and O–H groups in total. The van der Waals surface area contributed by atoms with Crippen molar-refractivity contribution in [2.24, 2.45) is 0 Å². The van der Waals surface area contributed by atoms with Gasteiger partial charge >= 0.3 is 0 Å². The summed E-state index contributed by atoms with van der Waals surface area (Å²) < 4.78 is 17.2. The van der Waals surface area contributed by atoms with Crippen molar-refractivity contribution in [1.29, 1.82) is 0 Å². The van der Waals surface area contributed by atoms with Crippen LogP contribution >= 0.6 is 0 Å². The lowest BCUT2D eigenvalue weighted by Gasteiger charge is -2.03. The monoisotopic (exact) mass is 327 g/mol. The first-order chi connectivity index (χ1) is 11.3. The Morgan fingerprint density at radius 3 is 2.43 bits per heavy atom. The first kappa shape index (κ1) is 15.4. The van der Waals surface area contributed by atoms with E-state index in [2.05, 4.69) is 15.5 Å². The highest BCUT2D eigenvalue weighted by molar-refractivity contribution is 7.84. The zero-order valence-electron chi connectivity index (χ0n) is 12.5. The zero-order chi connectivity index (χ0) is 15.9. The van der Waals surface area contributed by atoms with E-state index in [9.17, 15) is 4.21 Å². The van der Waals surface area contributed by atoms with Crippen LogP contribution in [0.1, 0.15) is 5.56 Å². The molecule has 0 saturated heterocycles. The van der Waals surface area contributed by atoms with Crippen LogP contribution in [0.4, 0.5) is 5.95 Å². The molecule has 6 heteroatoms. The van der Waals surface area contributed by atoms with Gasteiger partial charge in [-0.25, -0.2) is 0 Å². The number of anilines is 1. The number of nitrogens with zero attached hydrogens (tertiary/aromatic N) is 2. The van der Waals surface area contributed by atoms with Crippen LogP contribution in [0.25, 0.3) is 11.5 Å². The van der Waals surface area contributed by atoms with E-state index in [0.717, 1.165) is 11.1 Å². The topological polar surface area (TPSA) is 68.0 Å². The molecular formula is C17H17N3O2S. The molecule has 0 aliphatic heterocycles. The normalized spacial score (nSPS) is 12.0. The van der Waals surface area contributed by atoms with Gasteiger partial charge in [-0.05, 0) is 22.9 Å². The first-order valence-corrected chi connectivity index (χ1v) is 8.82. The van der Waals surface area contributed by atoms with Crippen molar-refractivity contribution in [2.75, 3.05) is 17.6 Å². The Hall–Kier alpha value is -2.47. The summed E-state index contributed by atoms with van der Waals surface area (Å²) in [5.41, 5.74) is 1.96. The fourth-order valence-electron chi connectivity index (χ4n) is 2.10. The molecule has 0 aliphatic rings. The molecule has 118 valence electrons. The Kier molecular flexibility index (Phi) is 5.16. The molecule has 0 radical (unpaired) electrons. The van der Waals surface area contributed by atoms with Gasteiger partial charge in [0.2, 0.25) is 0 Å². The molecule has 3 aromatic rings. The Morgan fingerprint density at radius 1 is 1.00 bits per heavy atom. The standard InChI is InChI=1S/C17H17N3O2S/c21-23(13-14-7-3-1-4-8-14)12-11-18-17-19-16(22-20-17)15-9-5-2-6-10-15/h1-10H,11-13H2,(H,18,20). The number of nitrogens with one attached hydrogen (secondary N) is 1. The molecule has 1 aromatic heterocycles. The van der Waals surface area contributed by atoms with Gasteiger partial charge in [0.15, 0.2) is 0 Å². The molecule has 23 heavy (non-hydrogen) atoms. The lowest BCUT2D eigenvalue weighted by Crippen LogP contribution is -2.12. The van der Waals surface area contributed by atoms with E-state index in [-0.39, 0.29) is 0 Å². The van der Waals surface area contributed by atoms with E-state index < -0.39 is 10.8 Å². The van der Waals surface area contributed by atoms with Crippen LogP contribution in [0.3, 0.4) is 0 Å². The highest BCUT2D eigenvalue weighted by Crippen LogP contribution is 2.17. The van der Waals surface area contributed by atoms with Crippen LogP contribution in [0, 0.1) is 0 Å². The van der Waals surface area contributed by atoms with E-state index in [1.807, 2.05) is 60.7 Å². The maximum atomic E-state index is 12.0. The van der Waals surface area contributed by atoms with Crippen LogP contribution in [-0.4, -0.2) is 26.6 Å². The van der Waals surface area contributed by atoms with Gasteiger partial charge in [-0.2, -0.15) is 4.98 Å². The van der Waals surface area contributed by atoms with E-state index in [1.54, 1.807) is 0 Å². The molecule has 0 aliphatic carbocycles. The van der Waals surface area contributed by atoms with Gasteiger partial charge in [0.25, 0.3) is 11.8 Å². The molecule has 1 atom stereocenters. The summed E-state index contributed by atoms with van der Waals surface area (Å²) in [6.07, 6.45) is 0. The Balaban J connectivity index is 1.48. The Morgan fingerprint density at radius 2 is 1.70 bits per heavy atom. The van der Waals surface area contributed by atoms with E-state index in [4.69, 9.17) is 4.52 Å². The predicted octanol–water partition coefficient (Wildman–Crippen LogP) is 3.10. The highest BCUT2D eigenvalue weighted by Gasteiger charge is 2.08. The summed E-state index contributed by atoms with van der Waals surface area (Å²) in [6, 6.07) is 19.4. The Bertz CT molecular complexity index is 760. The molecule has 1 unspecified atom stereocenters. The smallest absolute Gasteiger partial charge is 0.263 e. The van der Waals surface area contributed by atoms with Gasteiger partial charge in [-0.3, -0.25) is 4.21 Å². The van der Waals surface area contributed by atoms with Gasteiger partial charge < -0.3 is 9.84 Å². The third kappa shape index (κ3) is 4.50. The first-order valence-electron chi connectivity index (χ1n) is 7.33. The third-order valence-corrected chi connectivity index (χ3v) is 4.54. The van der Waals surface area contributed by atoms with Crippen molar-refractivity contribution < 1.29 is 8.73 Å². The van der Waals surface area contributed by atoms with Crippen molar-refractivity contribution in [2.45, 2.75) is 5.75 Å². The number of aromatic nitrogens is 2. The summed E-state index contributed by atoms with van der Waals surface area (Å²) in [5.74, 6) is 1.98. The molecule has 0 amide bonds. The van der Waals surface area contributed by atoms with Crippen LogP contribution in [0.2, 0.25) is 0 Å². The van der Waals surface area contributed by atoms with Crippen molar-refractivity contribution >= 4 is 16.7 Å². The average Bonchev–Trinajstić information content (AvgIpc) is 3.05. The molecule has 5 nitrogen and oxygen atoms in total. The van der Waals surface area contributed by atoms with Gasteiger partial charge in [0.1, 0.15) is 0 Å². The maximum absolute atomic E-state index is 12.0. The molecule has 0 spiro atoms. The largest absolute Gasteiger partial charge is 0.351 e. The second-order valence-corrected chi connectivity index (χ2v) is 6.57. The average molecular weight is 327 g/mol. The zero-order valence-corrected chi connectivity index (χ0v) is 13.3. The number of rotatable bonds is 7. The quantitative estimate of drug-likeness (QED) is 0.722. The minimum Gasteiger partial charge on any atom is -0.351 e. The number of hydrogen-bond donors (Lipinski definition) is 1. The van der Waals surface area contributed by atoms with E-state index in [0.29, 0.717) is 29.9 Å². The van der Waals surface area contributed by atoms with Crippen molar-refractivity contribution in [3.05, 3.63) is 66.2 Å². The second kappa shape index (κ2) is 7.69. The molecular weight excluding hydrogens is 310 g/mol. The van der Waals surface area contributed by atoms with Crippen LogP contribution in [0.5, 0.6) is 0 Å². The van der Waals surface area contributed by atoms with E-state index in [1.165, 1.54) is 0 Å². The summed E-state index contributed by atoms with van der Waals surface area (Å²) >= 11 is 0. The van der Waals surface area contributed by atoms with E-state index >= 15 is 0 Å². The lowest BCUT2D eigenvalue weighted by molar-refractivity contribution is 0.432. The van der Waals surface area contributed by atoms with Crippen LogP contribution < -0.4 is 5.32 Å². The minimum atomic E-state index is -0.922. The summed E-state index contributed by atoms with van der Waals surface area (Å²) in [5, 5.41) is 6.92. The Labute approximate surface area is 137 Å². The van der Waals surface area contributed by atoms with Crippen molar-refractivity contribution in [3.63, 3.8) is 0 Å². The SMILES string of the molecule is O=S(CCNc1noc(-c2ccccc2)n1)Cc1ccccc1. The molecule has 3 rings (SSSR count). The fraction of sp³-hybridized carbons (Fsp3) is 0.176. The van der Waals surface area contributed by atoms with Gasteiger partial charge in [-0.1, -0.05) is 48.5 Å². The van der Waals surface area contributed by atoms with Gasteiger partial charge in [0.05, 0.1) is 0 Å². The summed E-state index contributed by atoms with van der Waals surface area (Å²) in [4.78, 5) is 4.27. The molecule has 1 heterocycles. The number of hydrogen-bond acceptors (Lipinski definition) is 5. The molecule has 2 aromatic carbocycles. The van der Waals surface area contributed by atoms with Gasteiger partial charge in [-0.15, -0.1) is 0 Å². The fourth-order valence-corrected chi connectivity index (χ4v) is 3.14. The highest BCUT2D eigenvalue weighted by atomic mass is 32.2. The summed E-state index contributed by atoms with van der Waals surface area (Å²) in [7, 11) is -0.922. The van der Waals surface area contributed by atoms with Crippen LogP contribution in [-0.2, 0) is 16.6 Å². The minimum absolute atomic E-state index is 0.417. The van der Waals surface area contributed by atoms with Gasteiger partial charge in [0, 0.05) is 34.4 Å². The molecule has 0 saturated carbocycles.